The maximum absolute atomic E-state index is 13.5. The highest BCUT2D eigenvalue weighted by molar-refractivity contribution is 5.92. The van der Waals surface area contributed by atoms with Gasteiger partial charge in [-0.2, -0.15) is 0 Å². The first-order valence-electron chi connectivity index (χ1n) is 6.77. The van der Waals surface area contributed by atoms with Gasteiger partial charge in [0.1, 0.15) is 5.82 Å². The van der Waals surface area contributed by atoms with Crippen molar-refractivity contribution in [1.29, 1.82) is 0 Å². The maximum atomic E-state index is 13.5. The molecule has 2 saturated carbocycles. The minimum Gasteiger partial charge on any atom is -0.348 e. The first-order chi connectivity index (χ1) is 9.15. The molecule has 0 aromatic carbocycles. The Bertz CT molecular complexity index is 506. The minimum absolute atomic E-state index is 0.117. The Hall–Kier alpha value is -1.52. The van der Waals surface area contributed by atoms with E-state index in [1.807, 2.05) is 0 Å². The number of pyridine rings is 1. The third kappa shape index (κ3) is 2.33. The van der Waals surface area contributed by atoms with Crippen LogP contribution in [0.25, 0.3) is 0 Å². The normalized spacial score (nSPS) is 29.3. The predicted octanol–water partition coefficient (Wildman–Crippen LogP) is 2.67. The summed E-state index contributed by atoms with van der Waals surface area (Å²) in [6.07, 6.45) is 6.53. The molecule has 1 aromatic rings. The Kier molecular flexibility index (Phi) is 3.21. The van der Waals surface area contributed by atoms with Gasteiger partial charge in [0, 0.05) is 12.1 Å². The van der Waals surface area contributed by atoms with Crippen molar-refractivity contribution in [3.05, 3.63) is 29.6 Å². The molecule has 2 fully saturated rings. The van der Waals surface area contributed by atoms with E-state index in [4.69, 9.17) is 0 Å². The summed E-state index contributed by atoms with van der Waals surface area (Å²) in [4.78, 5) is 15.5. The van der Waals surface area contributed by atoms with E-state index in [2.05, 4.69) is 10.3 Å². The number of aromatic nitrogens is 1. The summed E-state index contributed by atoms with van der Waals surface area (Å²) in [5, 5.41) is 2.86. The standard InChI is InChI=1S/C14H16F2N2O/c15-9-6-11(16)13(17-7-9)14(19)18-12-5-4-8-2-1-3-10(8)12/h6-8,10,12H,1-5H2,(H,18,19)/t8-,10-,12-/m1/s1. The summed E-state index contributed by atoms with van der Waals surface area (Å²) in [5.74, 6) is -0.983. The second-order valence-corrected chi connectivity index (χ2v) is 5.50. The van der Waals surface area contributed by atoms with Crippen molar-refractivity contribution in [2.24, 2.45) is 11.8 Å². The summed E-state index contributed by atoms with van der Waals surface area (Å²) < 4.78 is 26.2. The van der Waals surface area contributed by atoms with Gasteiger partial charge in [0.25, 0.3) is 5.91 Å². The van der Waals surface area contributed by atoms with Gasteiger partial charge in [-0.05, 0) is 31.1 Å². The summed E-state index contributed by atoms with van der Waals surface area (Å²) >= 11 is 0. The van der Waals surface area contributed by atoms with E-state index in [0.29, 0.717) is 17.9 Å². The van der Waals surface area contributed by atoms with Crippen molar-refractivity contribution >= 4 is 5.91 Å². The number of nitrogens with one attached hydrogen (secondary N) is 1. The van der Waals surface area contributed by atoms with Gasteiger partial charge in [0.15, 0.2) is 11.5 Å². The number of rotatable bonds is 2. The fourth-order valence-corrected chi connectivity index (χ4v) is 3.56. The van der Waals surface area contributed by atoms with E-state index in [1.54, 1.807) is 0 Å². The van der Waals surface area contributed by atoms with Gasteiger partial charge in [0.05, 0.1) is 6.20 Å². The number of carbonyl (C=O) groups is 1. The average molecular weight is 266 g/mol. The number of hydrogen-bond donors (Lipinski definition) is 1. The van der Waals surface area contributed by atoms with Crippen molar-refractivity contribution in [2.75, 3.05) is 0 Å². The zero-order chi connectivity index (χ0) is 13.4. The van der Waals surface area contributed by atoms with Crippen molar-refractivity contribution < 1.29 is 13.6 Å². The van der Waals surface area contributed by atoms with Crippen LogP contribution >= 0.6 is 0 Å². The van der Waals surface area contributed by atoms with Gasteiger partial charge in [-0.15, -0.1) is 0 Å². The van der Waals surface area contributed by atoms with Gasteiger partial charge in [0.2, 0.25) is 0 Å². The quantitative estimate of drug-likeness (QED) is 0.894. The smallest absolute Gasteiger partial charge is 0.273 e. The number of fused-ring (bicyclic) bond motifs is 1. The van der Waals surface area contributed by atoms with Crippen LogP contribution in [0.5, 0.6) is 0 Å². The highest BCUT2D eigenvalue weighted by atomic mass is 19.1. The van der Waals surface area contributed by atoms with Crippen molar-refractivity contribution in [3.8, 4) is 0 Å². The molecule has 3 rings (SSSR count). The Morgan fingerprint density at radius 3 is 2.89 bits per heavy atom. The molecule has 2 aliphatic carbocycles. The van der Waals surface area contributed by atoms with Crippen LogP contribution in [0.4, 0.5) is 8.78 Å². The molecule has 0 aliphatic heterocycles. The SMILES string of the molecule is O=C(N[C@@H]1CC[C@H]2CCC[C@H]21)c1ncc(F)cc1F. The third-order valence-corrected chi connectivity index (χ3v) is 4.42. The molecular formula is C14H16F2N2O. The lowest BCUT2D eigenvalue weighted by Crippen LogP contribution is -2.38. The Morgan fingerprint density at radius 1 is 1.26 bits per heavy atom. The van der Waals surface area contributed by atoms with Crippen LogP contribution < -0.4 is 5.32 Å². The molecule has 0 saturated heterocycles. The molecule has 0 bridgehead atoms. The average Bonchev–Trinajstić information content (AvgIpc) is 2.94. The molecule has 3 atom stereocenters. The van der Waals surface area contributed by atoms with E-state index < -0.39 is 17.5 Å². The monoisotopic (exact) mass is 266 g/mol. The fourth-order valence-electron chi connectivity index (χ4n) is 3.56. The number of hydrogen-bond acceptors (Lipinski definition) is 2. The summed E-state index contributed by atoms with van der Waals surface area (Å²) in [5.41, 5.74) is -0.317. The van der Waals surface area contributed by atoms with Gasteiger partial charge < -0.3 is 5.32 Å². The van der Waals surface area contributed by atoms with Crippen LogP contribution in [-0.2, 0) is 0 Å². The van der Waals surface area contributed by atoms with Crippen molar-refractivity contribution in [1.82, 2.24) is 10.3 Å². The lowest BCUT2D eigenvalue weighted by Gasteiger charge is -2.19. The Morgan fingerprint density at radius 2 is 2.11 bits per heavy atom. The van der Waals surface area contributed by atoms with Gasteiger partial charge in [-0.1, -0.05) is 12.8 Å². The largest absolute Gasteiger partial charge is 0.348 e. The molecule has 0 unspecified atom stereocenters. The zero-order valence-electron chi connectivity index (χ0n) is 10.5. The van der Waals surface area contributed by atoms with Crippen LogP contribution in [0.2, 0.25) is 0 Å². The molecule has 0 radical (unpaired) electrons. The van der Waals surface area contributed by atoms with E-state index in [0.717, 1.165) is 25.5 Å². The molecule has 2 aliphatic rings. The van der Waals surface area contributed by atoms with Crippen LogP contribution in [0.3, 0.4) is 0 Å². The molecule has 1 N–H and O–H groups in total. The Labute approximate surface area is 110 Å². The van der Waals surface area contributed by atoms with E-state index in [9.17, 15) is 13.6 Å². The van der Waals surface area contributed by atoms with Crippen LogP contribution in [0.15, 0.2) is 12.3 Å². The first-order valence-corrected chi connectivity index (χ1v) is 6.77. The Balaban J connectivity index is 1.71. The summed E-state index contributed by atoms with van der Waals surface area (Å²) in [6.45, 7) is 0. The highest BCUT2D eigenvalue weighted by Gasteiger charge is 2.39. The summed E-state index contributed by atoms with van der Waals surface area (Å²) in [6, 6.07) is 0.806. The van der Waals surface area contributed by atoms with E-state index >= 15 is 0 Å². The molecular weight excluding hydrogens is 250 g/mol. The predicted molar refractivity (Wildman–Crippen MR) is 65.5 cm³/mol. The van der Waals surface area contributed by atoms with E-state index in [1.165, 1.54) is 12.8 Å². The van der Waals surface area contributed by atoms with Crippen LogP contribution in [0.1, 0.15) is 42.6 Å². The molecule has 0 spiro atoms. The first kappa shape index (κ1) is 12.5. The number of amides is 1. The van der Waals surface area contributed by atoms with E-state index in [-0.39, 0.29) is 11.7 Å². The minimum atomic E-state index is -0.904. The number of halogens is 2. The third-order valence-electron chi connectivity index (χ3n) is 4.42. The highest BCUT2D eigenvalue weighted by Crippen LogP contribution is 2.43. The molecule has 102 valence electrons. The number of carbonyl (C=O) groups excluding carboxylic acids is 1. The van der Waals surface area contributed by atoms with Crippen molar-refractivity contribution in [2.45, 2.75) is 38.1 Å². The molecule has 3 nitrogen and oxygen atoms in total. The van der Waals surface area contributed by atoms with Crippen LogP contribution in [0, 0.1) is 23.5 Å². The van der Waals surface area contributed by atoms with Gasteiger partial charge >= 0.3 is 0 Å². The molecule has 1 amide bonds. The zero-order valence-corrected chi connectivity index (χ0v) is 10.5. The maximum Gasteiger partial charge on any atom is 0.273 e. The number of nitrogens with zero attached hydrogens (tertiary/aromatic N) is 1. The second kappa shape index (κ2) is 4.87. The van der Waals surface area contributed by atoms with Gasteiger partial charge in [-0.25, -0.2) is 13.8 Å². The molecule has 1 aromatic heterocycles. The fraction of sp³-hybridized carbons (Fsp3) is 0.571. The second-order valence-electron chi connectivity index (χ2n) is 5.50. The van der Waals surface area contributed by atoms with Crippen molar-refractivity contribution in [3.63, 3.8) is 0 Å². The van der Waals surface area contributed by atoms with Gasteiger partial charge in [-0.3, -0.25) is 4.79 Å². The molecule has 5 heteroatoms. The molecule has 19 heavy (non-hydrogen) atoms. The topological polar surface area (TPSA) is 42.0 Å². The lowest BCUT2D eigenvalue weighted by atomic mass is 9.97. The lowest BCUT2D eigenvalue weighted by molar-refractivity contribution is 0.0916. The molecule has 1 heterocycles. The summed E-state index contributed by atoms with van der Waals surface area (Å²) in [7, 11) is 0. The van der Waals surface area contributed by atoms with Crippen LogP contribution in [-0.4, -0.2) is 16.9 Å².